The Hall–Kier alpha value is -1.16. The number of amides is 1. The van der Waals surface area contributed by atoms with E-state index in [1.165, 1.54) is 11.3 Å². The standard InChI is InChI=1S/C6H11N3O.C4H8/c1-4-5(2)9(7)3-8-6(4)10;1-3-4-2/h3-5H,7H2,1-2H3;3-4H,1-2H3. The molecule has 1 aliphatic rings. The summed E-state index contributed by atoms with van der Waals surface area (Å²) >= 11 is 0. The van der Waals surface area contributed by atoms with Crippen LogP contribution in [0.5, 0.6) is 0 Å². The maximum atomic E-state index is 10.9. The monoisotopic (exact) mass is 197 g/mol. The number of hydrazine groups is 1. The minimum Gasteiger partial charge on any atom is -0.297 e. The molecule has 2 unspecified atom stereocenters. The Morgan fingerprint density at radius 1 is 1.43 bits per heavy atom. The number of aliphatic imine (C=N–C) groups is 1. The van der Waals surface area contributed by atoms with Crippen molar-refractivity contribution in [2.75, 3.05) is 0 Å². The summed E-state index contributed by atoms with van der Waals surface area (Å²) in [4.78, 5) is 14.4. The topological polar surface area (TPSA) is 58.7 Å². The van der Waals surface area contributed by atoms with E-state index in [-0.39, 0.29) is 17.9 Å². The highest BCUT2D eigenvalue weighted by Gasteiger charge is 2.25. The third-order valence-corrected chi connectivity index (χ3v) is 2.24. The van der Waals surface area contributed by atoms with E-state index in [1.54, 1.807) is 0 Å². The minimum atomic E-state index is -0.0887. The first kappa shape index (κ1) is 12.8. The molecule has 1 aliphatic heterocycles. The van der Waals surface area contributed by atoms with Gasteiger partial charge in [-0.1, -0.05) is 19.1 Å². The second-order valence-corrected chi connectivity index (χ2v) is 3.23. The van der Waals surface area contributed by atoms with Gasteiger partial charge in [-0.2, -0.15) is 0 Å². The lowest BCUT2D eigenvalue weighted by Gasteiger charge is -2.28. The number of nitrogens with zero attached hydrogens (tertiary/aromatic N) is 2. The van der Waals surface area contributed by atoms with E-state index < -0.39 is 0 Å². The van der Waals surface area contributed by atoms with Crippen LogP contribution in [-0.4, -0.2) is 23.3 Å². The lowest BCUT2D eigenvalue weighted by Crippen LogP contribution is -2.47. The lowest BCUT2D eigenvalue weighted by atomic mass is 10.0. The van der Waals surface area contributed by atoms with Crippen molar-refractivity contribution in [3.63, 3.8) is 0 Å². The average Bonchev–Trinajstić information content (AvgIpc) is 2.21. The van der Waals surface area contributed by atoms with Crippen LogP contribution in [0.3, 0.4) is 0 Å². The van der Waals surface area contributed by atoms with Crippen LogP contribution in [0.25, 0.3) is 0 Å². The fourth-order valence-electron chi connectivity index (χ4n) is 0.811. The number of hydrogen-bond donors (Lipinski definition) is 1. The Morgan fingerprint density at radius 2 is 1.93 bits per heavy atom. The Kier molecular flexibility index (Phi) is 5.79. The van der Waals surface area contributed by atoms with Gasteiger partial charge in [-0.05, 0) is 20.8 Å². The van der Waals surface area contributed by atoms with Crippen LogP contribution in [0.2, 0.25) is 0 Å². The van der Waals surface area contributed by atoms with Crippen molar-refractivity contribution in [1.82, 2.24) is 5.01 Å². The second-order valence-electron chi connectivity index (χ2n) is 3.23. The van der Waals surface area contributed by atoms with E-state index in [1.807, 2.05) is 39.8 Å². The predicted molar refractivity (Wildman–Crippen MR) is 58.6 cm³/mol. The summed E-state index contributed by atoms with van der Waals surface area (Å²) in [7, 11) is 0. The number of carbonyl (C=O) groups excluding carboxylic acids is 1. The number of allylic oxidation sites excluding steroid dienone is 2. The van der Waals surface area contributed by atoms with Crippen LogP contribution in [0.1, 0.15) is 27.7 Å². The van der Waals surface area contributed by atoms with Gasteiger partial charge in [0.2, 0.25) is 0 Å². The Labute approximate surface area is 85.5 Å². The number of hydrogen-bond acceptors (Lipinski definition) is 3. The SMILES string of the molecule is CC1C(=O)N=CN(N)C1C.CC=CC. The van der Waals surface area contributed by atoms with E-state index in [9.17, 15) is 4.79 Å². The van der Waals surface area contributed by atoms with Crippen LogP contribution in [-0.2, 0) is 4.79 Å². The molecule has 0 aliphatic carbocycles. The molecule has 2 atom stereocenters. The molecule has 1 heterocycles. The second kappa shape index (κ2) is 6.32. The van der Waals surface area contributed by atoms with Crippen LogP contribution in [0.4, 0.5) is 0 Å². The van der Waals surface area contributed by atoms with Crippen molar-refractivity contribution < 1.29 is 4.79 Å². The van der Waals surface area contributed by atoms with Gasteiger partial charge in [0.25, 0.3) is 5.91 Å². The highest BCUT2D eigenvalue weighted by atomic mass is 16.1. The van der Waals surface area contributed by atoms with Gasteiger partial charge in [-0.15, -0.1) is 0 Å². The van der Waals surface area contributed by atoms with Crippen LogP contribution >= 0.6 is 0 Å². The molecule has 1 amide bonds. The minimum absolute atomic E-state index is 0.0602. The summed E-state index contributed by atoms with van der Waals surface area (Å²) in [6, 6.07) is 0.0602. The molecule has 0 aromatic heterocycles. The molecule has 0 aromatic carbocycles. The highest BCUT2D eigenvalue weighted by Crippen LogP contribution is 2.11. The van der Waals surface area contributed by atoms with Crippen molar-refractivity contribution in [2.24, 2.45) is 16.8 Å². The lowest BCUT2D eigenvalue weighted by molar-refractivity contribution is -0.123. The summed E-state index contributed by atoms with van der Waals surface area (Å²) < 4.78 is 0. The van der Waals surface area contributed by atoms with Gasteiger partial charge in [0, 0.05) is 0 Å². The van der Waals surface area contributed by atoms with Gasteiger partial charge >= 0.3 is 0 Å². The van der Waals surface area contributed by atoms with Crippen LogP contribution in [0.15, 0.2) is 17.1 Å². The van der Waals surface area contributed by atoms with Gasteiger partial charge in [0.05, 0.1) is 12.0 Å². The van der Waals surface area contributed by atoms with E-state index in [0.29, 0.717) is 0 Å². The zero-order valence-electron chi connectivity index (χ0n) is 9.27. The van der Waals surface area contributed by atoms with Crippen molar-refractivity contribution in [3.05, 3.63) is 12.2 Å². The molecule has 0 saturated heterocycles. The fourth-order valence-corrected chi connectivity index (χ4v) is 0.811. The summed E-state index contributed by atoms with van der Waals surface area (Å²) in [5.74, 6) is 5.29. The molecular formula is C10H19N3O. The van der Waals surface area contributed by atoms with Gasteiger partial charge in [0.15, 0.2) is 0 Å². The molecule has 14 heavy (non-hydrogen) atoms. The average molecular weight is 197 g/mol. The molecular weight excluding hydrogens is 178 g/mol. The molecule has 4 nitrogen and oxygen atoms in total. The Morgan fingerprint density at radius 3 is 2.29 bits per heavy atom. The molecule has 4 heteroatoms. The quantitative estimate of drug-likeness (QED) is 0.471. The first-order valence-corrected chi connectivity index (χ1v) is 4.73. The Balaban J connectivity index is 0.000000364. The number of rotatable bonds is 0. The largest absolute Gasteiger partial charge is 0.297 e. The van der Waals surface area contributed by atoms with E-state index in [0.717, 1.165) is 0 Å². The summed E-state index contributed by atoms with van der Waals surface area (Å²) in [5.41, 5.74) is 0. The van der Waals surface area contributed by atoms with Crippen molar-refractivity contribution >= 4 is 12.2 Å². The molecule has 0 radical (unpaired) electrons. The van der Waals surface area contributed by atoms with Crippen LogP contribution in [0, 0.1) is 5.92 Å². The Bertz CT molecular complexity index is 232. The molecule has 0 fully saturated rings. The van der Waals surface area contributed by atoms with Gasteiger partial charge in [-0.3, -0.25) is 9.80 Å². The number of carbonyl (C=O) groups is 1. The summed E-state index contributed by atoms with van der Waals surface area (Å²) in [6.07, 6.45) is 5.37. The van der Waals surface area contributed by atoms with Crippen molar-refractivity contribution in [3.8, 4) is 0 Å². The zero-order chi connectivity index (χ0) is 11.1. The summed E-state index contributed by atoms with van der Waals surface area (Å²) in [5, 5.41) is 1.45. The first-order chi connectivity index (χ1) is 6.54. The van der Waals surface area contributed by atoms with Crippen molar-refractivity contribution in [2.45, 2.75) is 33.7 Å². The first-order valence-electron chi connectivity index (χ1n) is 4.73. The molecule has 0 bridgehead atoms. The highest BCUT2D eigenvalue weighted by molar-refractivity contribution is 5.88. The van der Waals surface area contributed by atoms with E-state index >= 15 is 0 Å². The summed E-state index contributed by atoms with van der Waals surface area (Å²) in [6.45, 7) is 7.72. The van der Waals surface area contributed by atoms with E-state index in [4.69, 9.17) is 5.84 Å². The van der Waals surface area contributed by atoms with Gasteiger partial charge in [0.1, 0.15) is 6.34 Å². The normalized spacial score (nSPS) is 26.4. The molecule has 0 aromatic rings. The fraction of sp³-hybridized carbons (Fsp3) is 0.600. The maximum Gasteiger partial charge on any atom is 0.252 e. The van der Waals surface area contributed by atoms with E-state index in [2.05, 4.69) is 4.99 Å². The molecule has 0 saturated carbocycles. The molecule has 80 valence electrons. The van der Waals surface area contributed by atoms with Gasteiger partial charge in [-0.25, -0.2) is 10.8 Å². The van der Waals surface area contributed by atoms with Crippen molar-refractivity contribution in [1.29, 1.82) is 0 Å². The van der Waals surface area contributed by atoms with Gasteiger partial charge < -0.3 is 0 Å². The molecule has 1 rings (SSSR count). The predicted octanol–water partition coefficient (Wildman–Crippen LogP) is 1.34. The number of nitrogens with two attached hydrogens (primary N) is 1. The molecule has 2 N–H and O–H groups in total. The van der Waals surface area contributed by atoms with Crippen LogP contribution < -0.4 is 5.84 Å². The zero-order valence-corrected chi connectivity index (χ0v) is 9.27. The smallest absolute Gasteiger partial charge is 0.252 e. The molecule has 0 spiro atoms. The maximum absolute atomic E-state index is 10.9. The third-order valence-electron chi connectivity index (χ3n) is 2.24. The third kappa shape index (κ3) is 3.70.